The van der Waals surface area contributed by atoms with E-state index >= 15 is 0 Å². The van der Waals surface area contributed by atoms with Gasteiger partial charge in [0.15, 0.2) is 11.5 Å². The highest BCUT2D eigenvalue weighted by Gasteiger charge is 2.12. The van der Waals surface area contributed by atoms with E-state index in [1.807, 2.05) is 6.07 Å². The van der Waals surface area contributed by atoms with Crippen LogP contribution in [0, 0.1) is 6.92 Å². The van der Waals surface area contributed by atoms with Gasteiger partial charge in [0.1, 0.15) is 0 Å². The van der Waals surface area contributed by atoms with E-state index in [-0.39, 0.29) is 11.5 Å². The third-order valence-electron chi connectivity index (χ3n) is 3.65. The Balaban J connectivity index is 1.72. The van der Waals surface area contributed by atoms with Crippen LogP contribution in [0.1, 0.15) is 21.6 Å². The number of carbonyl (C=O) groups is 1. The molecule has 2 N–H and O–H groups in total. The summed E-state index contributed by atoms with van der Waals surface area (Å²) >= 11 is 0. The second-order valence-electron chi connectivity index (χ2n) is 5.77. The highest BCUT2D eigenvalue weighted by molar-refractivity contribution is 5.91. The molecule has 3 aromatic rings. The van der Waals surface area contributed by atoms with E-state index in [1.54, 1.807) is 49.4 Å². The van der Waals surface area contributed by atoms with Gasteiger partial charge in [-0.15, -0.1) is 0 Å². The first-order valence-corrected chi connectivity index (χ1v) is 8.37. The standard InChI is InChI=1S/C20H18N4O4/c1-13-10-18(25)23-20(22-13)24-21-12-14-8-9-16(17(11-14)27-2)28-19(26)15-6-4-3-5-7-15/h3-12H,1-2H3,(H2,22,23,24,25). The molecule has 0 atom stereocenters. The number of ether oxygens (including phenoxy) is 2. The van der Waals surface area contributed by atoms with E-state index in [0.29, 0.717) is 28.3 Å². The van der Waals surface area contributed by atoms with Gasteiger partial charge in [-0.25, -0.2) is 15.2 Å². The molecule has 0 aliphatic carbocycles. The van der Waals surface area contributed by atoms with Crippen LogP contribution >= 0.6 is 0 Å². The summed E-state index contributed by atoms with van der Waals surface area (Å²) < 4.78 is 10.7. The molecule has 0 spiro atoms. The van der Waals surface area contributed by atoms with Gasteiger partial charge >= 0.3 is 5.97 Å². The molecule has 0 amide bonds. The number of anilines is 1. The van der Waals surface area contributed by atoms with Crippen molar-refractivity contribution in [3.05, 3.63) is 81.8 Å². The van der Waals surface area contributed by atoms with Crippen molar-refractivity contribution < 1.29 is 14.3 Å². The van der Waals surface area contributed by atoms with Crippen molar-refractivity contribution in [2.75, 3.05) is 12.5 Å². The highest BCUT2D eigenvalue weighted by atomic mass is 16.6. The van der Waals surface area contributed by atoms with Crippen LogP contribution in [-0.2, 0) is 0 Å². The van der Waals surface area contributed by atoms with Crippen LogP contribution in [0.3, 0.4) is 0 Å². The Hall–Kier alpha value is -3.94. The van der Waals surface area contributed by atoms with Gasteiger partial charge in [0.25, 0.3) is 5.56 Å². The van der Waals surface area contributed by atoms with Crippen molar-refractivity contribution in [3.8, 4) is 11.5 Å². The monoisotopic (exact) mass is 378 g/mol. The molecule has 0 saturated carbocycles. The lowest BCUT2D eigenvalue weighted by atomic mass is 10.2. The fraction of sp³-hybridized carbons (Fsp3) is 0.100. The molecule has 0 radical (unpaired) electrons. The number of aromatic nitrogens is 2. The lowest BCUT2D eigenvalue weighted by Crippen LogP contribution is -2.10. The molecule has 2 aromatic carbocycles. The number of hydrogen-bond acceptors (Lipinski definition) is 7. The van der Waals surface area contributed by atoms with Crippen molar-refractivity contribution in [3.63, 3.8) is 0 Å². The number of aryl methyl sites for hydroxylation is 1. The molecular formula is C20H18N4O4. The minimum absolute atomic E-state index is 0.238. The summed E-state index contributed by atoms with van der Waals surface area (Å²) in [6, 6.07) is 15.1. The molecule has 28 heavy (non-hydrogen) atoms. The van der Waals surface area contributed by atoms with Gasteiger partial charge in [-0.05, 0) is 42.8 Å². The fourth-order valence-corrected chi connectivity index (χ4v) is 2.38. The van der Waals surface area contributed by atoms with Gasteiger partial charge in [0.2, 0.25) is 5.95 Å². The normalized spacial score (nSPS) is 10.6. The maximum atomic E-state index is 12.2. The van der Waals surface area contributed by atoms with Crippen LogP contribution in [0.15, 0.2) is 64.5 Å². The van der Waals surface area contributed by atoms with Gasteiger partial charge in [-0.1, -0.05) is 18.2 Å². The van der Waals surface area contributed by atoms with Crippen LogP contribution in [0.4, 0.5) is 5.95 Å². The van der Waals surface area contributed by atoms with E-state index < -0.39 is 5.97 Å². The van der Waals surface area contributed by atoms with Crippen LogP contribution in [-0.4, -0.2) is 29.3 Å². The number of benzene rings is 2. The maximum absolute atomic E-state index is 12.2. The van der Waals surface area contributed by atoms with E-state index in [9.17, 15) is 9.59 Å². The predicted octanol–water partition coefficient (Wildman–Crippen LogP) is 2.75. The first-order valence-electron chi connectivity index (χ1n) is 8.37. The van der Waals surface area contributed by atoms with Crippen LogP contribution in [0.2, 0.25) is 0 Å². The topological polar surface area (TPSA) is 106 Å². The van der Waals surface area contributed by atoms with Gasteiger partial charge in [0, 0.05) is 11.8 Å². The second kappa shape index (κ2) is 8.63. The number of esters is 1. The predicted molar refractivity (Wildman–Crippen MR) is 105 cm³/mol. The fourth-order valence-electron chi connectivity index (χ4n) is 2.38. The van der Waals surface area contributed by atoms with Gasteiger partial charge in [-0.2, -0.15) is 5.10 Å². The first-order chi connectivity index (χ1) is 13.5. The Morgan fingerprint density at radius 2 is 1.93 bits per heavy atom. The number of hydrogen-bond donors (Lipinski definition) is 2. The van der Waals surface area contributed by atoms with Gasteiger partial charge < -0.3 is 9.47 Å². The SMILES string of the molecule is COc1cc(C=NNc2nc(C)cc(=O)[nH]2)ccc1OC(=O)c1ccccc1. The average Bonchev–Trinajstić information content (AvgIpc) is 2.69. The molecular weight excluding hydrogens is 360 g/mol. The average molecular weight is 378 g/mol. The Morgan fingerprint density at radius 1 is 1.14 bits per heavy atom. The minimum Gasteiger partial charge on any atom is -0.493 e. The summed E-state index contributed by atoms with van der Waals surface area (Å²) in [5, 5.41) is 4.04. The summed E-state index contributed by atoms with van der Waals surface area (Å²) in [5.41, 5.74) is 4.10. The lowest BCUT2D eigenvalue weighted by molar-refractivity contribution is 0.0729. The Morgan fingerprint density at radius 3 is 2.64 bits per heavy atom. The third-order valence-corrected chi connectivity index (χ3v) is 3.65. The van der Waals surface area contributed by atoms with E-state index in [2.05, 4.69) is 20.5 Å². The van der Waals surface area contributed by atoms with E-state index in [0.717, 1.165) is 0 Å². The number of nitrogens with zero attached hydrogens (tertiary/aromatic N) is 2. The quantitative estimate of drug-likeness (QED) is 0.296. The van der Waals surface area contributed by atoms with Crippen LogP contribution in [0.5, 0.6) is 11.5 Å². The number of nitrogens with one attached hydrogen (secondary N) is 2. The smallest absolute Gasteiger partial charge is 0.343 e. The van der Waals surface area contributed by atoms with Crippen molar-refractivity contribution in [1.29, 1.82) is 0 Å². The van der Waals surface area contributed by atoms with E-state index in [4.69, 9.17) is 9.47 Å². The summed E-state index contributed by atoms with van der Waals surface area (Å²) in [4.78, 5) is 30.3. The summed E-state index contributed by atoms with van der Waals surface area (Å²) in [6.45, 7) is 1.71. The van der Waals surface area contributed by atoms with Gasteiger partial charge in [0.05, 0.1) is 18.9 Å². The molecule has 0 aliphatic heterocycles. The zero-order chi connectivity index (χ0) is 19.9. The highest BCUT2D eigenvalue weighted by Crippen LogP contribution is 2.28. The number of hydrazone groups is 1. The number of aromatic amines is 1. The molecule has 0 aliphatic rings. The summed E-state index contributed by atoms with van der Waals surface area (Å²) in [7, 11) is 1.48. The minimum atomic E-state index is -0.476. The maximum Gasteiger partial charge on any atom is 0.343 e. The summed E-state index contributed by atoms with van der Waals surface area (Å²) in [6.07, 6.45) is 1.52. The summed E-state index contributed by atoms with van der Waals surface area (Å²) in [5.74, 6) is 0.444. The van der Waals surface area contributed by atoms with E-state index in [1.165, 1.54) is 19.4 Å². The first kappa shape index (κ1) is 18.8. The molecule has 3 rings (SSSR count). The number of methoxy groups -OCH3 is 1. The number of H-pyrrole nitrogens is 1. The molecule has 8 nitrogen and oxygen atoms in total. The Kier molecular flexibility index (Phi) is 5.81. The molecule has 0 saturated heterocycles. The number of carbonyl (C=O) groups excluding carboxylic acids is 1. The largest absolute Gasteiger partial charge is 0.493 e. The number of rotatable bonds is 6. The second-order valence-corrected chi connectivity index (χ2v) is 5.77. The third kappa shape index (κ3) is 4.82. The zero-order valence-electron chi connectivity index (χ0n) is 15.3. The molecule has 8 heteroatoms. The molecule has 1 heterocycles. The Bertz CT molecular complexity index is 1060. The molecule has 1 aromatic heterocycles. The van der Waals surface area contributed by atoms with Crippen molar-refractivity contribution >= 4 is 18.1 Å². The van der Waals surface area contributed by atoms with Crippen LogP contribution in [0.25, 0.3) is 0 Å². The van der Waals surface area contributed by atoms with Crippen molar-refractivity contribution in [2.24, 2.45) is 5.10 Å². The zero-order valence-corrected chi connectivity index (χ0v) is 15.3. The molecule has 0 unspecified atom stereocenters. The molecule has 0 fully saturated rings. The molecule has 142 valence electrons. The van der Waals surface area contributed by atoms with Gasteiger partial charge in [-0.3, -0.25) is 9.78 Å². The Labute approximate surface area is 160 Å². The van der Waals surface area contributed by atoms with Crippen molar-refractivity contribution in [1.82, 2.24) is 9.97 Å². The molecule has 0 bridgehead atoms. The van der Waals surface area contributed by atoms with Crippen LogP contribution < -0.4 is 20.5 Å². The lowest BCUT2D eigenvalue weighted by Gasteiger charge is -2.10. The van der Waals surface area contributed by atoms with Crippen molar-refractivity contribution in [2.45, 2.75) is 6.92 Å².